The molecule has 1 aliphatic rings. The van der Waals surface area contributed by atoms with Gasteiger partial charge in [-0.15, -0.1) is 0 Å². The second-order valence-electron chi connectivity index (χ2n) is 4.98. The molecular formula is C15H22N2O2. The van der Waals surface area contributed by atoms with Crippen LogP contribution in [0.25, 0.3) is 0 Å². The summed E-state index contributed by atoms with van der Waals surface area (Å²) in [4.78, 5) is 14.1. The number of carbonyl (C=O) groups excluding carboxylic acids is 1. The van der Waals surface area contributed by atoms with Crippen molar-refractivity contribution in [2.45, 2.75) is 25.3 Å². The zero-order chi connectivity index (χ0) is 13.7. The van der Waals surface area contributed by atoms with Gasteiger partial charge in [-0.2, -0.15) is 0 Å². The first-order chi connectivity index (χ1) is 9.22. The van der Waals surface area contributed by atoms with E-state index in [1.165, 1.54) is 11.1 Å². The van der Waals surface area contributed by atoms with Crippen LogP contribution in [0.5, 0.6) is 0 Å². The minimum absolute atomic E-state index is 0.0462. The van der Waals surface area contributed by atoms with E-state index in [0.29, 0.717) is 13.0 Å². The second kappa shape index (κ2) is 6.68. The largest absolute Gasteiger partial charge is 0.385 e. The van der Waals surface area contributed by atoms with Crippen molar-refractivity contribution in [2.24, 2.45) is 5.73 Å². The molecule has 19 heavy (non-hydrogen) atoms. The number of amides is 1. The molecule has 0 saturated carbocycles. The maximum absolute atomic E-state index is 12.3. The molecular weight excluding hydrogens is 240 g/mol. The molecule has 1 atom stereocenters. The van der Waals surface area contributed by atoms with Gasteiger partial charge in [0.15, 0.2) is 0 Å². The Morgan fingerprint density at radius 2 is 1.89 bits per heavy atom. The Hall–Kier alpha value is -1.39. The van der Waals surface area contributed by atoms with E-state index in [1.54, 1.807) is 7.11 Å². The van der Waals surface area contributed by atoms with Crippen molar-refractivity contribution in [3.8, 4) is 0 Å². The maximum Gasteiger partial charge on any atom is 0.239 e. The number of rotatable bonds is 4. The van der Waals surface area contributed by atoms with E-state index >= 15 is 0 Å². The number of hydrogen-bond donors (Lipinski definition) is 1. The summed E-state index contributed by atoms with van der Waals surface area (Å²) in [5.41, 5.74) is 8.62. The predicted octanol–water partition coefficient (Wildman–Crippen LogP) is 0.978. The van der Waals surface area contributed by atoms with Crippen LogP contribution in [0.4, 0.5) is 0 Å². The summed E-state index contributed by atoms with van der Waals surface area (Å²) in [6.07, 6.45) is 2.41. The number of fused-ring (bicyclic) bond motifs is 1. The molecule has 1 aliphatic heterocycles. The van der Waals surface area contributed by atoms with Crippen LogP contribution in [0.15, 0.2) is 24.3 Å². The average Bonchev–Trinajstić information content (AvgIpc) is 2.66. The van der Waals surface area contributed by atoms with Crippen LogP contribution in [0.3, 0.4) is 0 Å². The third kappa shape index (κ3) is 3.55. The van der Waals surface area contributed by atoms with Gasteiger partial charge in [0.05, 0.1) is 6.04 Å². The quantitative estimate of drug-likeness (QED) is 0.880. The van der Waals surface area contributed by atoms with Crippen LogP contribution < -0.4 is 5.73 Å². The standard InChI is InChI=1S/C15H22N2O2/c1-19-11-8-14(16)15(18)17-9-6-12-4-2-3-5-13(12)7-10-17/h2-5,14H,6-11,16H2,1H3. The number of methoxy groups -OCH3 is 1. The first-order valence-electron chi connectivity index (χ1n) is 6.82. The van der Waals surface area contributed by atoms with Gasteiger partial charge in [0.2, 0.25) is 5.91 Å². The lowest BCUT2D eigenvalue weighted by atomic mass is 10.0. The molecule has 0 aromatic heterocycles. The topological polar surface area (TPSA) is 55.6 Å². The van der Waals surface area contributed by atoms with Gasteiger partial charge in [0.25, 0.3) is 0 Å². The highest BCUT2D eigenvalue weighted by atomic mass is 16.5. The number of hydrogen-bond acceptors (Lipinski definition) is 3. The Bertz CT molecular complexity index is 407. The van der Waals surface area contributed by atoms with Crippen molar-refractivity contribution in [3.05, 3.63) is 35.4 Å². The Labute approximate surface area is 114 Å². The smallest absolute Gasteiger partial charge is 0.239 e. The number of nitrogens with two attached hydrogens (primary N) is 1. The molecule has 1 heterocycles. The fraction of sp³-hybridized carbons (Fsp3) is 0.533. The SMILES string of the molecule is COCCC(N)C(=O)N1CCc2ccccc2CC1. The molecule has 0 bridgehead atoms. The minimum atomic E-state index is -0.443. The van der Waals surface area contributed by atoms with E-state index < -0.39 is 6.04 Å². The van der Waals surface area contributed by atoms with Crippen molar-refractivity contribution in [1.29, 1.82) is 0 Å². The fourth-order valence-corrected chi connectivity index (χ4v) is 2.49. The normalized spacial score (nSPS) is 16.6. The molecule has 4 heteroatoms. The second-order valence-corrected chi connectivity index (χ2v) is 4.98. The van der Waals surface area contributed by atoms with Crippen molar-refractivity contribution >= 4 is 5.91 Å². The third-order valence-electron chi connectivity index (χ3n) is 3.68. The lowest BCUT2D eigenvalue weighted by molar-refractivity contribution is -0.132. The highest BCUT2D eigenvalue weighted by Gasteiger charge is 2.22. The molecule has 1 aromatic carbocycles. The van der Waals surface area contributed by atoms with Gasteiger partial charge in [-0.25, -0.2) is 0 Å². The van der Waals surface area contributed by atoms with E-state index in [2.05, 4.69) is 24.3 Å². The third-order valence-corrected chi connectivity index (χ3v) is 3.68. The van der Waals surface area contributed by atoms with Crippen LogP contribution in [0, 0.1) is 0 Å². The molecule has 0 radical (unpaired) electrons. The fourth-order valence-electron chi connectivity index (χ4n) is 2.49. The van der Waals surface area contributed by atoms with Crippen molar-refractivity contribution in [2.75, 3.05) is 26.8 Å². The summed E-state index contributed by atoms with van der Waals surface area (Å²) in [7, 11) is 1.62. The Morgan fingerprint density at radius 1 is 1.32 bits per heavy atom. The van der Waals surface area contributed by atoms with E-state index in [1.807, 2.05) is 4.90 Å². The van der Waals surface area contributed by atoms with Crippen molar-refractivity contribution in [1.82, 2.24) is 4.90 Å². The molecule has 0 fully saturated rings. The molecule has 2 rings (SSSR count). The monoisotopic (exact) mass is 262 g/mol. The van der Waals surface area contributed by atoms with Crippen LogP contribution in [0.1, 0.15) is 17.5 Å². The summed E-state index contributed by atoms with van der Waals surface area (Å²) in [5.74, 6) is 0.0462. The van der Waals surface area contributed by atoms with Crippen molar-refractivity contribution in [3.63, 3.8) is 0 Å². The Morgan fingerprint density at radius 3 is 2.42 bits per heavy atom. The number of nitrogens with zero attached hydrogens (tertiary/aromatic N) is 1. The van der Waals surface area contributed by atoms with Crippen LogP contribution >= 0.6 is 0 Å². The molecule has 0 spiro atoms. The van der Waals surface area contributed by atoms with Gasteiger partial charge in [-0.3, -0.25) is 4.79 Å². The summed E-state index contributed by atoms with van der Waals surface area (Å²) in [6, 6.07) is 7.96. The van der Waals surface area contributed by atoms with E-state index in [-0.39, 0.29) is 5.91 Å². The van der Waals surface area contributed by atoms with Crippen molar-refractivity contribution < 1.29 is 9.53 Å². The summed E-state index contributed by atoms with van der Waals surface area (Å²) in [5, 5.41) is 0. The van der Waals surface area contributed by atoms with Crippen LogP contribution in [-0.4, -0.2) is 43.7 Å². The zero-order valence-corrected chi connectivity index (χ0v) is 11.5. The average molecular weight is 262 g/mol. The zero-order valence-electron chi connectivity index (χ0n) is 11.5. The molecule has 0 saturated heterocycles. The summed E-state index contributed by atoms with van der Waals surface area (Å²) in [6.45, 7) is 2.05. The lowest BCUT2D eigenvalue weighted by Crippen LogP contribution is -2.45. The van der Waals surface area contributed by atoms with E-state index in [4.69, 9.17) is 10.5 Å². The molecule has 1 aromatic rings. The summed E-state index contributed by atoms with van der Waals surface area (Å²) < 4.78 is 4.97. The van der Waals surface area contributed by atoms with Gasteiger partial charge in [-0.1, -0.05) is 24.3 Å². The van der Waals surface area contributed by atoms with Gasteiger partial charge in [-0.05, 0) is 30.4 Å². The molecule has 1 unspecified atom stereocenters. The molecule has 1 amide bonds. The van der Waals surface area contributed by atoms with Gasteiger partial charge in [0.1, 0.15) is 0 Å². The van der Waals surface area contributed by atoms with Gasteiger partial charge in [0, 0.05) is 26.8 Å². The summed E-state index contributed by atoms with van der Waals surface area (Å²) >= 11 is 0. The lowest BCUT2D eigenvalue weighted by Gasteiger charge is -2.23. The Balaban J connectivity index is 1.95. The first-order valence-corrected chi connectivity index (χ1v) is 6.82. The minimum Gasteiger partial charge on any atom is -0.385 e. The van der Waals surface area contributed by atoms with Crippen LogP contribution in [-0.2, 0) is 22.4 Å². The van der Waals surface area contributed by atoms with E-state index in [9.17, 15) is 4.79 Å². The highest BCUT2D eigenvalue weighted by Crippen LogP contribution is 2.16. The highest BCUT2D eigenvalue weighted by molar-refractivity contribution is 5.81. The number of ether oxygens (including phenoxy) is 1. The first kappa shape index (κ1) is 14.0. The van der Waals surface area contributed by atoms with Gasteiger partial charge >= 0.3 is 0 Å². The molecule has 0 aliphatic carbocycles. The van der Waals surface area contributed by atoms with Gasteiger partial charge < -0.3 is 15.4 Å². The predicted molar refractivity (Wildman–Crippen MR) is 74.9 cm³/mol. The molecule has 4 nitrogen and oxygen atoms in total. The Kier molecular flexibility index (Phi) is 4.93. The number of benzene rings is 1. The molecule has 104 valence electrons. The van der Waals surface area contributed by atoms with E-state index in [0.717, 1.165) is 25.9 Å². The van der Waals surface area contributed by atoms with Crippen LogP contribution in [0.2, 0.25) is 0 Å². The number of carbonyl (C=O) groups is 1. The molecule has 2 N–H and O–H groups in total. The maximum atomic E-state index is 12.3.